The molecule has 0 atom stereocenters. The molecule has 0 bridgehead atoms. The van der Waals surface area contributed by atoms with Crippen LogP contribution in [-0.4, -0.2) is 30.0 Å². The van der Waals surface area contributed by atoms with Crippen molar-refractivity contribution >= 4 is 6.01 Å². The Labute approximate surface area is 77.7 Å². The van der Waals surface area contributed by atoms with E-state index in [2.05, 4.69) is 10.2 Å². The van der Waals surface area contributed by atoms with E-state index in [4.69, 9.17) is 10.2 Å². The molecule has 5 nitrogen and oxygen atoms in total. The van der Waals surface area contributed by atoms with Crippen molar-refractivity contribution in [3.8, 4) is 0 Å². The highest BCUT2D eigenvalue weighted by molar-refractivity contribution is 5.22. The zero-order chi connectivity index (χ0) is 10.8. The highest BCUT2D eigenvalue weighted by Crippen LogP contribution is 2.19. The second-order valence-corrected chi connectivity index (χ2v) is 2.65. The maximum Gasteiger partial charge on any atom is 0.406 e. The largest absolute Gasteiger partial charge is 0.407 e. The van der Waals surface area contributed by atoms with Crippen LogP contribution < -0.4 is 10.6 Å². The van der Waals surface area contributed by atoms with Crippen molar-refractivity contribution in [1.82, 2.24) is 10.2 Å². The molecule has 80 valence electrons. The van der Waals surface area contributed by atoms with Gasteiger partial charge in [0.15, 0.2) is 0 Å². The molecule has 2 N–H and O–H groups in total. The zero-order valence-corrected chi connectivity index (χ0v) is 7.38. The maximum absolute atomic E-state index is 11.9. The molecule has 0 aliphatic carbocycles. The third-order valence-electron chi connectivity index (χ3n) is 1.37. The first kappa shape index (κ1) is 10.8. The number of nitrogens with two attached hydrogens (primary N) is 1. The predicted molar refractivity (Wildman–Crippen MR) is 41.5 cm³/mol. The number of rotatable bonds is 3. The van der Waals surface area contributed by atoms with Gasteiger partial charge in [0, 0.05) is 7.05 Å². The minimum atomic E-state index is -4.30. The number of hydrogen-bond donors (Lipinski definition) is 1. The highest BCUT2D eigenvalue weighted by atomic mass is 19.4. The second kappa shape index (κ2) is 3.82. The van der Waals surface area contributed by atoms with Gasteiger partial charge in [0.05, 0.1) is 6.54 Å². The van der Waals surface area contributed by atoms with Gasteiger partial charge in [-0.2, -0.15) is 13.2 Å². The first-order valence-corrected chi connectivity index (χ1v) is 3.72. The number of hydrogen-bond acceptors (Lipinski definition) is 5. The molecule has 0 unspecified atom stereocenters. The van der Waals surface area contributed by atoms with E-state index < -0.39 is 12.7 Å². The minimum Gasteiger partial charge on any atom is -0.407 e. The summed E-state index contributed by atoms with van der Waals surface area (Å²) in [6, 6.07) is -0.192. The molecule has 0 saturated carbocycles. The van der Waals surface area contributed by atoms with Crippen molar-refractivity contribution < 1.29 is 17.6 Å². The third kappa shape index (κ3) is 2.87. The zero-order valence-electron chi connectivity index (χ0n) is 7.38. The van der Waals surface area contributed by atoms with Crippen LogP contribution >= 0.6 is 0 Å². The lowest BCUT2D eigenvalue weighted by Crippen LogP contribution is -2.31. The van der Waals surface area contributed by atoms with Crippen LogP contribution in [0.4, 0.5) is 19.2 Å². The minimum absolute atomic E-state index is 0.00680. The van der Waals surface area contributed by atoms with E-state index >= 15 is 0 Å². The molecule has 14 heavy (non-hydrogen) atoms. The molecule has 1 rings (SSSR count). The van der Waals surface area contributed by atoms with Crippen LogP contribution in [-0.2, 0) is 6.54 Å². The normalized spacial score (nSPS) is 11.8. The van der Waals surface area contributed by atoms with Crippen LogP contribution in [0.3, 0.4) is 0 Å². The number of alkyl halides is 3. The summed E-state index contributed by atoms with van der Waals surface area (Å²) in [5.74, 6) is 0.106. The van der Waals surface area contributed by atoms with Crippen molar-refractivity contribution in [2.75, 3.05) is 18.5 Å². The first-order valence-electron chi connectivity index (χ1n) is 3.72. The summed E-state index contributed by atoms with van der Waals surface area (Å²) in [7, 11) is 1.21. The molecule has 0 fully saturated rings. The van der Waals surface area contributed by atoms with Crippen LogP contribution in [0, 0.1) is 0 Å². The Bertz CT molecular complexity index is 298. The van der Waals surface area contributed by atoms with E-state index in [1.54, 1.807) is 0 Å². The standard InChI is InChI=1S/C6H9F3N4O/c1-13(3-6(7,8)9)5-12-11-4(2-10)14-5/h2-3,10H2,1H3. The molecular weight excluding hydrogens is 201 g/mol. The summed E-state index contributed by atoms with van der Waals surface area (Å²) >= 11 is 0. The fourth-order valence-corrected chi connectivity index (χ4v) is 0.818. The van der Waals surface area contributed by atoms with E-state index in [9.17, 15) is 13.2 Å². The van der Waals surface area contributed by atoms with Gasteiger partial charge in [-0.3, -0.25) is 0 Å². The van der Waals surface area contributed by atoms with Crippen LogP contribution in [0.25, 0.3) is 0 Å². The van der Waals surface area contributed by atoms with E-state index in [0.717, 1.165) is 4.90 Å². The lowest BCUT2D eigenvalue weighted by Gasteiger charge is -2.15. The van der Waals surface area contributed by atoms with Gasteiger partial charge in [0.1, 0.15) is 6.54 Å². The Morgan fingerprint density at radius 1 is 1.43 bits per heavy atom. The molecule has 1 aromatic rings. The number of nitrogens with zero attached hydrogens (tertiary/aromatic N) is 3. The van der Waals surface area contributed by atoms with E-state index in [0.29, 0.717) is 0 Å². The van der Waals surface area contributed by atoms with Gasteiger partial charge < -0.3 is 15.1 Å². The van der Waals surface area contributed by atoms with Gasteiger partial charge in [-0.15, -0.1) is 5.10 Å². The Morgan fingerprint density at radius 2 is 2.07 bits per heavy atom. The van der Waals surface area contributed by atoms with Gasteiger partial charge in [-0.05, 0) is 0 Å². The quantitative estimate of drug-likeness (QED) is 0.787. The van der Waals surface area contributed by atoms with Gasteiger partial charge in [0.2, 0.25) is 5.89 Å². The predicted octanol–water partition coefficient (Wildman–Crippen LogP) is 0.527. The van der Waals surface area contributed by atoms with E-state index in [-0.39, 0.29) is 18.5 Å². The summed E-state index contributed by atoms with van der Waals surface area (Å²) in [5, 5.41) is 6.84. The lowest BCUT2D eigenvalue weighted by molar-refractivity contribution is -0.119. The molecule has 0 aliphatic heterocycles. The third-order valence-corrected chi connectivity index (χ3v) is 1.37. The van der Waals surface area contributed by atoms with Crippen LogP contribution in [0.5, 0.6) is 0 Å². The fourth-order valence-electron chi connectivity index (χ4n) is 0.818. The Kier molecular flexibility index (Phi) is 2.94. The molecule has 0 radical (unpaired) electrons. The van der Waals surface area contributed by atoms with Crippen LogP contribution in [0.1, 0.15) is 5.89 Å². The maximum atomic E-state index is 11.9. The van der Waals surface area contributed by atoms with Gasteiger partial charge >= 0.3 is 12.2 Å². The van der Waals surface area contributed by atoms with Crippen molar-refractivity contribution in [2.45, 2.75) is 12.7 Å². The molecule has 0 spiro atoms. The number of halogens is 3. The number of anilines is 1. The molecule has 0 saturated heterocycles. The van der Waals surface area contributed by atoms with Gasteiger partial charge in [-0.1, -0.05) is 5.10 Å². The first-order chi connectivity index (χ1) is 6.42. The molecular formula is C6H9F3N4O. The van der Waals surface area contributed by atoms with Crippen molar-refractivity contribution in [3.05, 3.63) is 5.89 Å². The summed E-state index contributed by atoms with van der Waals surface area (Å²) < 4.78 is 40.6. The second-order valence-electron chi connectivity index (χ2n) is 2.65. The Hall–Kier alpha value is -1.31. The average molecular weight is 210 g/mol. The Morgan fingerprint density at radius 3 is 2.50 bits per heavy atom. The number of aromatic nitrogens is 2. The monoisotopic (exact) mass is 210 g/mol. The average Bonchev–Trinajstić information content (AvgIpc) is 2.48. The SMILES string of the molecule is CN(CC(F)(F)F)c1nnc(CN)o1. The molecule has 1 aromatic heterocycles. The molecule has 1 heterocycles. The lowest BCUT2D eigenvalue weighted by atomic mass is 10.6. The smallest absolute Gasteiger partial charge is 0.406 e. The Balaban J connectivity index is 2.65. The van der Waals surface area contributed by atoms with Gasteiger partial charge in [0.25, 0.3) is 0 Å². The van der Waals surface area contributed by atoms with Crippen molar-refractivity contribution in [2.24, 2.45) is 5.73 Å². The van der Waals surface area contributed by atoms with Crippen LogP contribution in [0.2, 0.25) is 0 Å². The molecule has 0 aromatic carbocycles. The van der Waals surface area contributed by atoms with E-state index in [1.165, 1.54) is 7.05 Å². The van der Waals surface area contributed by atoms with Crippen LogP contribution in [0.15, 0.2) is 4.42 Å². The topological polar surface area (TPSA) is 68.2 Å². The summed E-state index contributed by atoms with van der Waals surface area (Å²) in [4.78, 5) is 0.812. The molecule has 0 aliphatic rings. The summed E-state index contributed by atoms with van der Waals surface area (Å²) in [5.41, 5.74) is 5.15. The summed E-state index contributed by atoms with van der Waals surface area (Å²) in [6.07, 6.45) is -4.30. The molecule has 0 amide bonds. The summed E-state index contributed by atoms with van der Waals surface area (Å²) in [6.45, 7) is -1.13. The highest BCUT2D eigenvalue weighted by Gasteiger charge is 2.31. The fraction of sp³-hybridized carbons (Fsp3) is 0.667. The van der Waals surface area contributed by atoms with Gasteiger partial charge in [-0.25, -0.2) is 0 Å². The van der Waals surface area contributed by atoms with E-state index in [1.807, 2.05) is 0 Å². The van der Waals surface area contributed by atoms with Crippen molar-refractivity contribution in [1.29, 1.82) is 0 Å². The molecule has 8 heteroatoms. The van der Waals surface area contributed by atoms with Crippen molar-refractivity contribution in [3.63, 3.8) is 0 Å².